The van der Waals surface area contributed by atoms with E-state index in [4.69, 9.17) is 0 Å². The summed E-state index contributed by atoms with van der Waals surface area (Å²) in [6, 6.07) is 11.2. The highest BCUT2D eigenvalue weighted by molar-refractivity contribution is 5.86. The largest absolute Gasteiger partial charge is 0.361 e. The third-order valence-electron chi connectivity index (χ3n) is 4.58. The molecule has 1 heterocycles. The standard InChI is InChI=1S/C21H22F2N2O/c1-2-3-10-24-21(26)12-17(15-9-8-14(22)11-19(15)23)18-13-25-20-7-5-4-6-16(18)20/h4-9,11,13,17,25H,2-3,10,12H2,1H3,(H,24,26). The smallest absolute Gasteiger partial charge is 0.220 e. The summed E-state index contributed by atoms with van der Waals surface area (Å²) in [5.41, 5.74) is 2.07. The number of nitrogens with one attached hydrogen (secondary N) is 2. The van der Waals surface area contributed by atoms with Gasteiger partial charge in [0.15, 0.2) is 0 Å². The zero-order valence-corrected chi connectivity index (χ0v) is 14.7. The first kappa shape index (κ1) is 18.1. The van der Waals surface area contributed by atoms with Crippen molar-refractivity contribution in [1.82, 2.24) is 10.3 Å². The number of halogens is 2. The van der Waals surface area contributed by atoms with E-state index in [1.807, 2.05) is 24.3 Å². The maximum Gasteiger partial charge on any atom is 0.220 e. The van der Waals surface area contributed by atoms with Gasteiger partial charge in [-0.3, -0.25) is 4.79 Å². The van der Waals surface area contributed by atoms with Gasteiger partial charge < -0.3 is 10.3 Å². The molecular weight excluding hydrogens is 334 g/mol. The fraction of sp³-hybridized carbons (Fsp3) is 0.286. The molecule has 0 bridgehead atoms. The van der Waals surface area contributed by atoms with Crippen molar-refractivity contribution in [1.29, 1.82) is 0 Å². The lowest BCUT2D eigenvalue weighted by molar-refractivity contribution is -0.121. The molecule has 0 saturated carbocycles. The van der Waals surface area contributed by atoms with Crippen molar-refractivity contribution in [2.75, 3.05) is 6.54 Å². The number of para-hydroxylation sites is 1. The van der Waals surface area contributed by atoms with Gasteiger partial charge in [0.25, 0.3) is 0 Å². The molecule has 0 saturated heterocycles. The molecular formula is C21H22F2N2O. The zero-order chi connectivity index (χ0) is 18.5. The normalized spacial score (nSPS) is 12.3. The zero-order valence-electron chi connectivity index (χ0n) is 14.7. The number of rotatable bonds is 7. The monoisotopic (exact) mass is 356 g/mol. The van der Waals surface area contributed by atoms with Crippen LogP contribution in [0.25, 0.3) is 10.9 Å². The van der Waals surface area contributed by atoms with E-state index in [0.717, 1.165) is 35.4 Å². The number of benzene rings is 2. The van der Waals surface area contributed by atoms with Gasteiger partial charge in [-0.05, 0) is 29.7 Å². The van der Waals surface area contributed by atoms with Crippen molar-refractivity contribution in [3.8, 4) is 0 Å². The molecule has 0 fully saturated rings. The molecule has 2 aromatic carbocycles. The first-order chi connectivity index (χ1) is 12.6. The Hall–Kier alpha value is -2.69. The van der Waals surface area contributed by atoms with Crippen LogP contribution in [0, 0.1) is 11.6 Å². The molecule has 1 unspecified atom stereocenters. The Bertz CT molecular complexity index is 904. The Labute approximate surface area is 151 Å². The van der Waals surface area contributed by atoms with Gasteiger partial charge in [0.2, 0.25) is 5.91 Å². The molecule has 3 nitrogen and oxygen atoms in total. The third kappa shape index (κ3) is 3.93. The average molecular weight is 356 g/mol. The number of amides is 1. The average Bonchev–Trinajstić information content (AvgIpc) is 3.04. The van der Waals surface area contributed by atoms with Gasteiger partial charge in [-0.25, -0.2) is 8.78 Å². The molecule has 0 aliphatic carbocycles. The van der Waals surface area contributed by atoms with Crippen molar-refractivity contribution in [2.45, 2.75) is 32.1 Å². The Morgan fingerprint density at radius 3 is 2.73 bits per heavy atom. The number of hydrogen-bond acceptors (Lipinski definition) is 1. The molecule has 26 heavy (non-hydrogen) atoms. The molecule has 0 aliphatic rings. The fourth-order valence-corrected chi connectivity index (χ4v) is 3.22. The maximum absolute atomic E-state index is 14.5. The summed E-state index contributed by atoms with van der Waals surface area (Å²) in [6.07, 6.45) is 3.79. The van der Waals surface area contributed by atoms with Crippen LogP contribution in [0.2, 0.25) is 0 Å². The van der Waals surface area contributed by atoms with E-state index in [-0.39, 0.29) is 12.3 Å². The molecule has 1 aromatic heterocycles. The summed E-state index contributed by atoms with van der Waals surface area (Å²) in [5, 5.41) is 3.81. The Morgan fingerprint density at radius 2 is 1.96 bits per heavy atom. The number of fused-ring (bicyclic) bond motifs is 1. The molecule has 136 valence electrons. The second-order valence-electron chi connectivity index (χ2n) is 6.42. The number of carbonyl (C=O) groups excluding carboxylic acids is 1. The van der Waals surface area contributed by atoms with Gasteiger partial charge in [-0.15, -0.1) is 0 Å². The molecule has 1 atom stereocenters. The Balaban J connectivity index is 1.97. The van der Waals surface area contributed by atoms with Crippen LogP contribution in [-0.2, 0) is 4.79 Å². The van der Waals surface area contributed by atoms with Crippen molar-refractivity contribution >= 4 is 16.8 Å². The number of carbonyl (C=O) groups is 1. The second kappa shape index (κ2) is 8.13. The van der Waals surface area contributed by atoms with E-state index >= 15 is 0 Å². The first-order valence-corrected chi connectivity index (χ1v) is 8.87. The van der Waals surface area contributed by atoms with E-state index in [9.17, 15) is 13.6 Å². The highest BCUT2D eigenvalue weighted by Crippen LogP contribution is 2.34. The van der Waals surface area contributed by atoms with Crippen LogP contribution in [0.15, 0.2) is 48.7 Å². The predicted molar refractivity (Wildman–Crippen MR) is 99.0 cm³/mol. The number of aromatic nitrogens is 1. The summed E-state index contributed by atoms with van der Waals surface area (Å²) in [5.74, 6) is -1.90. The molecule has 1 amide bonds. The minimum absolute atomic E-state index is 0.105. The van der Waals surface area contributed by atoms with Crippen LogP contribution in [0.3, 0.4) is 0 Å². The van der Waals surface area contributed by atoms with Crippen molar-refractivity contribution in [2.24, 2.45) is 0 Å². The summed E-state index contributed by atoms with van der Waals surface area (Å²) in [4.78, 5) is 15.6. The number of H-pyrrole nitrogens is 1. The molecule has 0 spiro atoms. The number of unbranched alkanes of at least 4 members (excludes halogenated alkanes) is 1. The predicted octanol–water partition coefficient (Wildman–Crippen LogP) is 4.88. The van der Waals surface area contributed by atoms with Crippen molar-refractivity contribution < 1.29 is 13.6 Å². The molecule has 0 radical (unpaired) electrons. The van der Waals surface area contributed by atoms with Crippen LogP contribution in [0.5, 0.6) is 0 Å². The minimum Gasteiger partial charge on any atom is -0.361 e. The van der Waals surface area contributed by atoms with Crippen LogP contribution in [0.1, 0.15) is 43.2 Å². The summed E-state index contributed by atoms with van der Waals surface area (Å²) < 4.78 is 27.8. The van der Waals surface area contributed by atoms with E-state index < -0.39 is 17.6 Å². The minimum atomic E-state index is -0.637. The Kier molecular flexibility index (Phi) is 5.66. The lowest BCUT2D eigenvalue weighted by Gasteiger charge is -2.18. The van der Waals surface area contributed by atoms with Crippen LogP contribution in [0.4, 0.5) is 8.78 Å². The van der Waals surface area contributed by atoms with E-state index in [1.165, 1.54) is 12.1 Å². The van der Waals surface area contributed by atoms with Crippen LogP contribution in [-0.4, -0.2) is 17.4 Å². The maximum atomic E-state index is 14.5. The molecule has 5 heteroatoms. The molecule has 3 rings (SSSR count). The van der Waals surface area contributed by atoms with Crippen LogP contribution < -0.4 is 5.32 Å². The van der Waals surface area contributed by atoms with Gasteiger partial charge in [0.05, 0.1) is 0 Å². The summed E-state index contributed by atoms with van der Waals surface area (Å²) in [6.45, 7) is 2.65. The van der Waals surface area contributed by atoms with Gasteiger partial charge in [-0.1, -0.05) is 37.6 Å². The SMILES string of the molecule is CCCCNC(=O)CC(c1ccc(F)cc1F)c1c[nH]c2ccccc12. The van der Waals surface area contributed by atoms with Gasteiger partial charge in [-0.2, -0.15) is 0 Å². The number of aromatic amines is 1. The second-order valence-corrected chi connectivity index (χ2v) is 6.42. The summed E-state index contributed by atoms with van der Waals surface area (Å²) in [7, 11) is 0. The van der Waals surface area contributed by atoms with Crippen molar-refractivity contribution in [3.63, 3.8) is 0 Å². The Morgan fingerprint density at radius 1 is 1.15 bits per heavy atom. The van der Waals surface area contributed by atoms with Gasteiger partial charge in [0, 0.05) is 42.0 Å². The van der Waals surface area contributed by atoms with Gasteiger partial charge >= 0.3 is 0 Å². The topological polar surface area (TPSA) is 44.9 Å². The van der Waals surface area contributed by atoms with E-state index in [0.29, 0.717) is 12.1 Å². The highest BCUT2D eigenvalue weighted by atomic mass is 19.1. The van der Waals surface area contributed by atoms with E-state index in [2.05, 4.69) is 17.2 Å². The van der Waals surface area contributed by atoms with Crippen LogP contribution >= 0.6 is 0 Å². The molecule has 3 aromatic rings. The number of hydrogen-bond donors (Lipinski definition) is 2. The lowest BCUT2D eigenvalue weighted by Crippen LogP contribution is -2.26. The first-order valence-electron chi connectivity index (χ1n) is 8.87. The highest BCUT2D eigenvalue weighted by Gasteiger charge is 2.24. The van der Waals surface area contributed by atoms with Crippen molar-refractivity contribution in [3.05, 3.63) is 71.4 Å². The van der Waals surface area contributed by atoms with E-state index in [1.54, 1.807) is 6.20 Å². The molecule has 0 aliphatic heterocycles. The lowest BCUT2D eigenvalue weighted by atomic mass is 9.87. The molecule has 2 N–H and O–H groups in total. The third-order valence-corrected chi connectivity index (χ3v) is 4.58. The fourth-order valence-electron chi connectivity index (χ4n) is 3.22. The summed E-state index contributed by atoms with van der Waals surface area (Å²) >= 11 is 0. The van der Waals surface area contributed by atoms with Gasteiger partial charge in [0.1, 0.15) is 11.6 Å². The quantitative estimate of drug-likeness (QED) is 0.582.